The van der Waals surface area contributed by atoms with Crippen LogP contribution in [0.1, 0.15) is 18.4 Å². The molecule has 0 radical (unpaired) electrons. The Morgan fingerprint density at radius 3 is 2.79 bits per heavy atom. The number of nitrogens with one attached hydrogen (secondary N) is 3. The molecule has 0 bridgehead atoms. The second-order valence-corrected chi connectivity index (χ2v) is 8.78. The minimum Gasteiger partial charge on any atom is -0.326 e. The highest BCUT2D eigenvalue weighted by atomic mass is 35.5. The summed E-state index contributed by atoms with van der Waals surface area (Å²) in [5, 5.41) is 9.70. The number of thioether (sulfide) groups is 1. The van der Waals surface area contributed by atoms with E-state index in [-0.39, 0.29) is 23.7 Å². The molecular weight excluding hydrogens is 413 g/mol. The molecule has 2 amide bonds. The van der Waals surface area contributed by atoms with Crippen molar-refractivity contribution in [1.29, 1.82) is 0 Å². The van der Waals surface area contributed by atoms with Gasteiger partial charge in [0.2, 0.25) is 11.8 Å². The molecular formula is C21H21ClFN3O2S. The lowest BCUT2D eigenvalue weighted by Crippen LogP contribution is -2.52. The molecule has 8 heteroatoms. The minimum atomic E-state index is -1.17. The van der Waals surface area contributed by atoms with Crippen molar-refractivity contribution in [3.8, 4) is 0 Å². The van der Waals surface area contributed by atoms with Gasteiger partial charge in [-0.25, -0.2) is 4.39 Å². The number of hydrogen-bond acceptors (Lipinski definition) is 4. The molecule has 0 saturated carbocycles. The smallest absolute Gasteiger partial charge is 0.250 e. The van der Waals surface area contributed by atoms with E-state index in [1.807, 2.05) is 6.26 Å². The molecule has 3 atom stereocenters. The van der Waals surface area contributed by atoms with Gasteiger partial charge in [0.15, 0.2) is 0 Å². The Morgan fingerprint density at radius 2 is 2.07 bits per heavy atom. The molecule has 152 valence electrons. The Labute approximate surface area is 177 Å². The third-order valence-corrected chi connectivity index (χ3v) is 6.47. The van der Waals surface area contributed by atoms with E-state index >= 15 is 0 Å². The van der Waals surface area contributed by atoms with Gasteiger partial charge in [0.05, 0.1) is 5.92 Å². The third kappa shape index (κ3) is 3.63. The van der Waals surface area contributed by atoms with Crippen molar-refractivity contribution >= 4 is 46.6 Å². The molecule has 2 aliphatic heterocycles. The summed E-state index contributed by atoms with van der Waals surface area (Å²) in [7, 11) is 0. The van der Waals surface area contributed by atoms with Gasteiger partial charge in [-0.1, -0.05) is 11.6 Å². The lowest BCUT2D eigenvalue weighted by atomic mass is 9.79. The van der Waals surface area contributed by atoms with Crippen LogP contribution in [-0.4, -0.2) is 29.9 Å². The van der Waals surface area contributed by atoms with E-state index in [2.05, 4.69) is 16.0 Å². The lowest BCUT2D eigenvalue weighted by molar-refractivity contribution is -0.130. The SMILES string of the molecule is CSCC[C@@H]1C[C@H](C(=O)Nc2ccc(F)cc2)[C@@]2(N1)C(=O)Nc1ccc(Cl)cc12. The summed E-state index contributed by atoms with van der Waals surface area (Å²) in [6.07, 6.45) is 3.39. The largest absolute Gasteiger partial charge is 0.326 e. The summed E-state index contributed by atoms with van der Waals surface area (Å²) in [5.41, 5.74) is 0.676. The molecule has 3 N–H and O–H groups in total. The van der Waals surface area contributed by atoms with E-state index in [1.165, 1.54) is 24.3 Å². The molecule has 2 aliphatic rings. The first-order chi connectivity index (χ1) is 13.9. The molecule has 2 aromatic rings. The van der Waals surface area contributed by atoms with E-state index in [0.29, 0.717) is 28.4 Å². The van der Waals surface area contributed by atoms with E-state index in [4.69, 9.17) is 11.6 Å². The van der Waals surface area contributed by atoms with Crippen LogP contribution in [0.2, 0.25) is 5.02 Å². The van der Waals surface area contributed by atoms with Gasteiger partial charge in [0.1, 0.15) is 11.4 Å². The van der Waals surface area contributed by atoms with Crippen LogP contribution in [0.5, 0.6) is 0 Å². The molecule has 4 rings (SSSR count). The molecule has 0 aliphatic carbocycles. The Hall–Kier alpha value is -2.09. The monoisotopic (exact) mass is 433 g/mol. The number of fused-ring (bicyclic) bond motifs is 2. The van der Waals surface area contributed by atoms with Gasteiger partial charge in [0.25, 0.3) is 0 Å². The maximum Gasteiger partial charge on any atom is 0.250 e. The molecule has 0 unspecified atom stereocenters. The predicted octanol–water partition coefficient (Wildman–Crippen LogP) is 4.00. The zero-order valence-corrected chi connectivity index (χ0v) is 17.4. The van der Waals surface area contributed by atoms with Crippen LogP contribution in [-0.2, 0) is 15.1 Å². The van der Waals surface area contributed by atoms with Gasteiger partial charge in [-0.2, -0.15) is 11.8 Å². The van der Waals surface area contributed by atoms with Crippen LogP contribution in [0.4, 0.5) is 15.8 Å². The number of amides is 2. The highest BCUT2D eigenvalue weighted by Crippen LogP contribution is 2.48. The van der Waals surface area contributed by atoms with Crippen molar-refractivity contribution in [2.45, 2.75) is 24.4 Å². The van der Waals surface area contributed by atoms with Crippen LogP contribution < -0.4 is 16.0 Å². The third-order valence-electron chi connectivity index (χ3n) is 5.59. The number of carbonyl (C=O) groups is 2. The van der Waals surface area contributed by atoms with Crippen molar-refractivity contribution < 1.29 is 14.0 Å². The van der Waals surface area contributed by atoms with Gasteiger partial charge in [0, 0.05) is 28.0 Å². The number of carbonyl (C=O) groups excluding carboxylic acids is 2. The van der Waals surface area contributed by atoms with E-state index in [1.54, 1.807) is 30.0 Å². The zero-order chi connectivity index (χ0) is 20.6. The summed E-state index contributed by atoms with van der Waals surface area (Å²) in [6, 6.07) is 10.8. The Balaban J connectivity index is 1.70. The van der Waals surface area contributed by atoms with Crippen molar-refractivity contribution in [3.05, 3.63) is 58.9 Å². The van der Waals surface area contributed by atoms with Crippen LogP contribution in [0.25, 0.3) is 0 Å². The first-order valence-electron chi connectivity index (χ1n) is 9.38. The standard InChI is InChI=1S/C21H21ClFN3O2S/c1-29-9-8-15-11-17(19(27)24-14-5-3-13(23)4-6-14)21(26-15)16-10-12(22)2-7-18(16)25-20(21)28/h2-7,10,15,17,26H,8-9,11H2,1H3,(H,24,27)(H,25,28)/t15-,17-,21-/m1/s1. The Morgan fingerprint density at radius 1 is 1.31 bits per heavy atom. The van der Waals surface area contributed by atoms with E-state index in [9.17, 15) is 14.0 Å². The summed E-state index contributed by atoms with van der Waals surface area (Å²) in [4.78, 5) is 26.4. The summed E-state index contributed by atoms with van der Waals surface area (Å²) < 4.78 is 13.2. The van der Waals surface area contributed by atoms with Crippen LogP contribution >= 0.6 is 23.4 Å². The number of anilines is 2. The van der Waals surface area contributed by atoms with Crippen molar-refractivity contribution in [2.75, 3.05) is 22.6 Å². The lowest BCUT2D eigenvalue weighted by Gasteiger charge is -2.29. The van der Waals surface area contributed by atoms with Crippen molar-refractivity contribution in [3.63, 3.8) is 0 Å². The fourth-order valence-corrected chi connectivity index (χ4v) is 4.94. The average molecular weight is 434 g/mol. The van der Waals surface area contributed by atoms with Crippen LogP contribution in [0, 0.1) is 11.7 Å². The predicted molar refractivity (Wildman–Crippen MR) is 115 cm³/mol. The maximum atomic E-state index is 13.3. The summed E-state index contributed by atoms with van der Waals surface area (Å²) in [6.45, 7) is 0. The van der Waals surface area contributed by atoms with Crippen molar-refractivity contribution in [2.24, 2.45) is 5.92 Å². The molecule has 5 nitrogen and oxygen atoms in total. The van der Waals surface area contributed by atoms with Gasteiger partial charge < -0.3 is 10.6 Å². The topological polar surface area (TPSA) is 70.2 Å². The van der Waals surface area contributed by atoms with Gasteiger partial charge in [-0.05, 0) is 67.3 Å². The molecule has 1 saturated heterocycles. The quantitative estimate of drug-likeness (QED) is 0.666. The van der Waals surface area contributed by atoms with E-state index < -0.39 is 11.5 Å². The minimum absolute atomic E-state index is 0.0158. The fourth-order valence-electron chi connectivity index (χ4n) is 4.24. The second kappa shape index (κ2) is 7.97. The number of rotatable bonds is 5. The average Bonchev–Trinajstić information content (AvgIpc) is 3.22. The molecule has 2 heterocycles. The van der Waals surface area contributed by atoms with Gasteiger partial charge in [-0.15, -0.1) is 0 Å². The number of halogens is 2. The summed E-state index contributed by atoms with van der Waals surface area (Å²) >= 11 is 7.94. The molecule has 2 aromatic carbocycles. The fraction of sp³-hybridized carbons (Fsp3) is 0.333. The molecule has 1 fully saturated rings. The first kappa shape index (κ1) is 20.2. The van der Waals surface area contributed by atoms with Gasteiger partial charge >= 0.3 is 0 Å². The highest BCUT2D eigenvalue weighted by molar-refractivity contribution is 7.98. The molecule has 0 aromatic heterocycles. The Kier molecular flexibility index (Phi) is 5.55. The first-order valence-corrected chi connectivity index (χ1v) is 11.2. The van der Waals surface area contributed by atoms with Gasteiger partial charge in [-0.3, -0.25) is 14.9 Å². The van der Waals surface area contributed by atoms with Crippen LogP contribution in [0.15, 0.2) is 42.5 Å². The van der Waals surface area contributed by atoms with Crippen molar-refractivity contribution in [1.82, 2.24) is 5.32 Å². The maximum absolute atomic E-state index is 13.3. The zero-order valence-electron chi connectivity index (χ0n) is 15.8. The highest BCUT2D eigenvalue weighted by Gasteiger charge is 2.60. The normalized spacial score (nSPS) is 25.1. The molecule has 1 spiro atoms. The number of benzene rings is 2. The summed E-state index contributed by atoms with van der Waals surface area (Å²) in [5.74, 6) is -0.610. The van der Waals surface area contributed by atoms with Crippen LogP contribution in [0.3, 0.4) is 0 Å². The molecule has 29 heavy (non-hydrogen) atoms. The van der Waals surface area contributed by atoms with E-state index in [0.717, 1.165) is 12.2 Å². The Bertz CT molecular complexity index is 955. The number of hydrogen-bond donors (Lipinski definition) is 3. The second-order valence-electron chi connectivity index (χ2n) is 7.36.